The van der Waals surface area contributed by atoms with Gasteiger partial charge < -0.3 is 11.1 Å². The van der Waals surface area contributed by atoms with Crippen molar-refractivity contribution in [3.05, 3.63) is 113 Å². The van der Waals surface area contributed by atoms with Gasteiger partial charge in [0.25, 0.3) is 11.8 Å². The second kappa shape index (κ2) is 8.76. The quantitative estimate of drug-likeness (QED) is 0.448. The number of amides is 2. The highest BCUT2D eigenvalue weighted by Gasteiger charge is 2.17. The average Bonchev–Trinajstić information content (AvgIpc) is 3.20. The number of rotatable bonds is 6. The van der Waals surface area contributed by atoms with Crippen LogP contribution < -0.4 is 11.1 Å². The molecular formula is C25H20N2O2S. The number of benzene rings is 3. The van der Waals surface area contributed by atoms with Crippen molar-refractivity contribution >= 4 is 28.2 Å². The van der Waals surface area contributed by atoms with Gasteiger partial charge in [0, 0.05) is 10.4 Å². The van der Waals surface area contributed by atoms with Gasteiger partial charge in [0.15, 0.2) is 0 Å². The Morgan fingerprint density at radius 3 is 2.03 bits per heavy atom. The van der Waals surface area contributed by atoms with E-state index in [0.29, 0.717) is 16.1 Å². The minimum atomic E-state index is -0.568. The van der Waals surface area contributed by atoms with Gasteiger partial charge in [-0.05, 0) is 41.3 Å². The van der Waals surface area contributed by atoms with Crippen molar-refractivity contribution in [3.8, 4) is 10.4 Å². The molecule has 0 unspecified atom stereocenters. The van der Waals surface area contributed by atoms with Crippen molar-refractivity contribution in [2.24, 2.45) is 5.73 Å². The summed E-state index contributed by atoms with van der Waals surface area (Å²) in [5.41, 5.74) is 9.67. The van der Waals surface area contributed by atoms with E-state index in [4.69, 9.17) is 5.73 Å². The van der Waals surface area contributed by atoms with Gasteiger partial charge in [-0.3, -0.25) is 9.59 Å². The van der Waals surface area contributed by atoms with E-state index in [-0.39, 0.29) is 5.91 Å². The third-order valence-electron chi connectivity index (χ3n) is 4.75. The SMILES string of the molecule is NC(=O)c1cc(-c2ccccc2)sc1NC(=O)c1ccc(Cc2ccccc2)cc1. The Kier molecular flexibility index (Phi) is 5.72. The van der Waals surface area contributed by atoms with Crippen LogP contribution in [0.15, 0.2) is 91.0 Å². The summed E-state index contributed by atoms with van der Waals surface area (Å²) in [5.74, 6) is -0.841. The molecule has 4 aromatic rings. The molecule has 4 nitrogen and oxygen atoms in total. The summed E-state index contributed by atoms with van der Waals surface area (Å²) in [4.78, 5) is 25.5. The molecule has 30 heavy (non-hydrogen) atoms. The van der Waals surface area contributed by atoms with Crippen LogP contribution in [0.4, 0.5) is 5.00 Å². The number of hydrogen-bond donors (Lipinski definition) is 2. The smallest absolute Gasteiger partial charge is 0.256 e. The van der Waals surface area contributed by atoms with Crippen LogP contribution in [0.5, 0.6) is 0 Å². The predicted molar refractivity (Wildman–Crippen MR) is 122 cm³/mol. The van der Waals surface area contributed by atoms with E-state index in [1.54, 1.807) is 18.2 Å². The van der Waals surface area contributed by atoms with Gasteiger partial charge in [0.05, 0.1) is 5.56 Å². The maximum atomic E-state index is 12.7. The van der Waals surface area contributed by atoms with E-state index in [1.807, 2.05) is 60.7 Å². The van der Waals surface area contributed by atoms with Crippen molar-refractivity contribution in [2.45, 2.75) is 6.42 Å². The van der Waals surface area contributed by atoms with E-state index in [2.05, 4.69) is 17.4 Å². The second-order valence-corrected chi connectivity index (χ2v) is 7.95. The fourth-order valence-corrected chi connectivity index (χ4v) is 4.26. The van der Waals surface area contributed by atoms with Crippen molar-refractivity contribution < 1.29 is 9.59 Å². The van der Waals surface area contributed by atoms with E-state index >= 15 is 0 Å². The summed E-state index contributed by atoms with van der Waals surface area (Å²) in [6.45, 7) is 0. The lowest BCUT2D eigenvalue weighted by Gasteiger charge is -2.06. The van der Waals surface area contributed by atoms with Gasteiger partial charge >= 0.3 is 0 Å². The molecule has 0 aliphatic rings. The Morgan fingerprint density at radius 1 is 0.800 bits per heavy atom. The van der Waals surface area contributed by atoms with Crippen LogP contribution in [-0.4, -0.2) is 11.8 Å². The zero-order valence-electron chi connectivity index (χ0n) is 16.2. The predicted octanol–water partition coefficient (Wildman–Crippen LogP) is 5.36. The first-order chi connectivity index (χ1) is 14.6. The Balaban J connectivity index is 1.52. The van der Waals surface area contributed by atoms with Crippen LogP contribution in [-0.2, 0) is 6.42 Å². The van der Waals surface area contributed by atoms with Gasteiger partial charge in [-0.2, -0.15) is 0 Å². The summed E-state index contributed by atoms with van der Waals surface area (Å²) < 4.78 is 0. The Bertz CT molecular complexity index is 1170. The zero-order valence-corrected chi connectivity index (χ0v) is 17.0. The highest BCUT2D eigenvalue weighted by Crippen LogP contribution is 2.35. The third-order valence-corrected chi connectivity index (χ3v) is 5.85. The lowest BCUT2D eigenvalue weighted by atomic mass is 10.0. The van der Waals surface area contributed by atoms with E-state index in [0.717, 1.165) is 22.4 Å². The molecule has 0 fully saturated rings. The van der Waals surface area contributed by atoms with Crippen LogP contribution >= 0.6 is 11.3 Å². The van der Waals surface area contributed by atoms with Crippen LogP contribution in [0.2, 0.25) is 0 Å². The van der Waals surface area contributed by atoms with Gasteiger partial charge in [-0.25, -0.2) is 0 Å². The highest BCUT2D eigenvalue weighted by atomic mass is 32.1. The molecule has 0 saturated carbocycles. The number of hydrogen-bond acceptors (Lipinski definition) is 3. The molecule has 0 saturated heterocycles. The largest absolute Gasteiger partial charge is 0.366 e. The maximum absolute atomic E-state index is 12.7. The van der Waals surface area contributed by atoms with Crippen molar-refractivity contribution in [1.29, 1.82) is 0 Å². The van der Waals surface area contributed by atoms with Gasteiger partial charge in [0.2, 0.25) is 0 Å². The molecule has 0 aliphatic carbocycles. The van der Waals surface area contributed by atoms with E-state index in [9.17, 15) is 9.59 Å². The molecular weight excluding hydrogens is 392 g/mol. The number of nitrogens with two attached hydrogens (primary N) is 1. The third kappa shape index (κ3) is 4.47. The fourth-order valence-electron chi connectivity index (χ4n) is 3.19. The zero-order chi connectivity index (χ0) is 20.9. The molecule has 2 amide bonds. The first-order valence-corrected chi connectivity index (χ1v) is 10.3. The number of thiophene rings is 1. The average molecular weight is 413 g/mol. The Morgan fingerprint density at radius 2 is 1.40 bits per heavy atom. The normalized spacial score (nSPS) is 10.5. The molecule has 3 N–H and O–H groups in total. The molecule has 0 radical (unpaired) electrons. The lowest BCUT2D eigenvalue weighted by molar-refractivity contribution is 0.100. The Labute approximate surface area is 179 Å². The summed E-state index contributed by atoms with van der Waals surface area (Å²) in [6.07, 6.45) is 0.805. The molecule has 4 rings (SSSR count). The number of anilines is 1. The standard InChI is InChI=1S/C25H20N2O2S/c26-23(28)21-16-22(19-9-5-2-6-10-19)30-25(21)27-24(29)20-13-11-18(12-14-20)15-17-7-3-1-4-8-17/h1-14,16H,15H2,(H2,26,28)(H,27,29). The molecule has 148 valence electrons. The number of primary amides is 1. The van der Waals surface area contributed by atoms with Crippen LogP contribution in [0, 0.1) is 0 Å². The molecule has 0 spiro atoms. The van der Waals surface area contributed by atoms with Gasteiger partial charge in [0.1, 0.15) is 5.00 Å². The van der Waals surface area contributed by atoms with Gasteiger partial charge in [-0.1, -0.05) is 72.8 Å². The minimum absolute atomic E-state index is 0.273. The highest BCUT2D eigenvalue weighted by molar-refractivity contribution is 7.20. The minimum Gasteiger partial charge on any atom is -0.366 e. The fraction of sp³-hybridized carbons (Fsp3) is 0.0400. The number of carbonyl (C=O) groups excluding carboxylic acids is 2. The van der Waals surface area contributed by atoms with Gasteiger partial charge in [-0.15, -0.1) is 11.3 Å². The molecule has 0 bridgehead atoms. The molecule has 0 atom stereocenters. The maximum Gasteiger partial charge on any atom is 0.256 e. The topological polar surface area (TPSA) is 72.2 Å². The van der Waals surface area contributed by atoms with E-state index in [1.165, 1.54) is 16.9 Å². The summed E-state index contributed by atoms with van der Waals surface area (Å²) in [7, 11) is 0. The summed E-state index contributed by atoms with van der Waals surface area (Å²) in [5, 5.41) is 3.30. The molecule has 5 heteroatoms. The summed E-state index contributed by atoms with van der Waals surface area (Å²) >= 11 is 1.34. The monoisotopic (exact) mass is 412 g/mol. The van der Waals surface area contributed by atoms with Crippen molar-refractivity contribution in [2.75, 3.05) is 5.32 Å². The van der Waals surface area contributed by atoms with Crippen molar-refractivity contribution in [3.63, 3.8) is 0 Å². The number of nitrogens with one attached hydrogen (secondary N) is 1. The molecule has 1 aromatic heterocycles. The van der Waals surface area contributed by atoms with Crippen LogP contribution in [0.1, 0.15) is 31.8 Å². The molecule has 3 aromatic carbocycles. The number of carbonyl (C=O) groups is 2. The van der Waals surface area contributed by atoms with Crippen LogP contribution in [0.25, 0.3) is 10.4 Å². The van der Waals surface area contributed by atoms with E-state index < -0.39 is 5.91 Å². The Hall–Kier alpha value is -3.70. The summed E-state index contributed by atoms with van der Waals surface area (Å²) in [6, 6.07) is 29.1. The lowest BCUT2D eigenvalue weighted by Crippen LogP contribution is -2.16. The second-order valence-electron chi connectivity index (χ2n) is 6.90. The first-order valence-electron chi connectivity index (χ1n) is 9.53. The van der Waals surface area contributed by atoms with Crippen molar-refractivity contribution in [1.82, 2.24) is 0 Å². The molecule has 0 aliphatic heterocycles. The van der Waals surface area contributed by atoms with Crippen LogP contribution in [0.3, 0.4) is 0 Å². The molecule has 1 heterocycles. The first kappa shape index (κ1) is 19.6.